The Bertz CT molecular complexity index is 501. The van der Waals surface area contributed by atoms with Gasteiger partial charge in [-0.2, -0.15) is 0 Å². The van der Waals surface area contributed by atoms with Gasteiger partial charge in [-0.3, -0.25) is 0 Å². The SMILES string of the molecule is c1cc(NCC2CCCCC2)cc(-c2nccs2)c1. The van der Waals surface area contributed by atoms with Crippen LogP contribution in [0.2, 0.25) is 0 Å². The molecule has 3 rings (SSSR count). The summed E-state index contributed by atoms with van der Waals surface area (Å²) in [6.07, 6.45) is 8.88. The van der Waals surface area contributed by atoms with Crippen LogP contribution in [0.5, 0.6) is 0 Å². The summed E-state index contributed by atoms with van der Waals surface area (Å²) in [4.78, 5) is 4.37. The molecule has 0 aliphatic heterocycles. The molecule has 19 heavy (non-hydrogen) atoms. The predicted molar refractivity (Wildman–Crippen MR) is 82.6 cm³/mol. The van der Waals surface area contributed by atoms with Crippen LogP contribution >= 0.6 is 11.3 Å². The molecule has 1 N–H and O–H groups in total. The lowest BCUT2D eigenvalue weighted by atomic mass is 9.89. The molecule has 0 radical (unpaired) electrons. The number of hydrogen-bond acceptors (Lipinski definition) is 3. The van der Waals surface area contributed by atoms with Gasteiger partial charge in [0.25, 0.3) is 0 Å². The number of rotatable bonds is 4. The maximum Gasteiger partial charge on any atom is 0.123 e. The number of thiazole rings is 1. The van der Waals surface area contributed by atoms with E-state index in [1.54, 1.807) is 11.3 Å². The van der Waals surface area contributed by atoms with Crippen LogP contribution < -0.4 is 5.32 Å². The van der Waals surface area contributed by atoms with Crippen molar-refractivity contribution in [2.75, 3.05) is 11.9 Å². The molecule has 1 aromatic heterocycles. The first-order chi connectivity index (χ1) is 9.42. The minimum Gasteiger partial charge on any atom is -0.385 e. The summed E-state index contributed by atoms with van der Waals surface area (Å²) >= 11 is 1.69. The van der Waals surface area contributed by atoms with Crippen molar-refractivity contribution in [3.8, 4) is 10.6 Å². The fourth-order valence-corrected chi connectivity index (χ4v) is 3.42. The monoisotopic (exact) mass is 272 g/mol. The lowest BCUT2D eigenvalue weighted by molar-refractivity contribution is 0.373. The maximum absolute atomic E-state index is 4.37. The summed E-state index contributed by atoms with van der Waals surface area (Å²) in [5.41, 5.74) is 2.43. The third-order valence-electron chi connectivity index (χ3n) is 3.86. The van der Waals surface area contributed by atoms with Gasteiger partial charge in [0.05, 0.1) is 0 Å². The second-order valence-electron chi connectivity index (χ2n) is 5.30. The lowest BCUT2D eigenvalue weighted by Crippen LogP contribution is -2.17. The number of benzene rings is 1. The van der Waals surface area contributed by atoms with Gasteiger partial charge in [-0.05, 0) is 30.9 Å². The molecule has 1 saturated carbocycles. The second-order valence-corrected chi connectivity index (χ2v) is 6.20. The Labute approximate surface area is 118 Å². The van der Waals surface area contributed by atoms with Crippen LogP contribution in [0.15, 0.2) is 35.8 Å². The molecule has 3 heteroatoms. The van der Waals surface area contributed by atoms with Crippen LogP contribution in [0.3, 0.4) is 0 Å². The standard InChI is InChI=1S/C16H20N2S/c1-2-5-13(6-3-1)12-18-15-8-4-7-14(11-15)16-17-9-10-19-16/h4,7-11,13,18H,1-3,5-6,12H2. The molecule has 1 aromatic carbocycles. The van der Waals surface area contributed by atoms with E-state index in [2.05, 4.69) is 34.6 Å². The minimum atomic E-state index is 0.859. The molecule has 0 unspecified atom stereocenters. The highest BCUT2D eigenvalue weighted by Gasteiger charge is 2.12. The van der Waals surface area contributed by atoms with E-state index in [0.29, 0.717) is 0 Å². The van der Waals surface area contributed by atoms with Crippen LogP contribution in [0.1, 0.15) is 32.1 Å². The Kier molecular flexibility index (Phi) is 4.13. The normalized spacial score (nSPS) is 16.4. The van der Waals surface area contributed by atoms with E-state index in [1.165, 1.54) is 43.4 Å². The van der Waals surface area contributed by atoms with Crippen LogP contribution in [0, 0.1) is 5.92 Å². The van der Waals surface area contributed by atoms with Crippen molar-refractivity contribution in [2.24, 2.45) is 5.92 Å². The summed E-state index contributed by atoms with van der Waals surface area (Å²) in [7, 11) is 0. The first kappa shape index (κ1) is 12.7. The van der Waals surface area contributed by atoms with Crippen molar-refractivity contribution in [3.05, 3.63) is 35.8 Å². The largest absolute Gasteiger partial charge is 0.385 e. The third kappa shape index (κ3) is 3.35. The summed E-state index contributed by atoms with van der Waals surface area (Å²) in [5.74, 6) is 0.859. The average molecular weight is 272 g/mol. The molecule has 2 aromatic rings. The Morgan fingerprint density at radius 3 is 2.89 bits per heavy atom. The Morgan fingerprint density at radius 2 is 2.11 bits per heavy atom. The molecule has 0 amide bonds. The second kappa shape index (κ2) is 6.20. The molecule has 0 atom stereocenters. The van der Waals surface area contributed by atoms with E-state index in [1.807, 2.05) is 11.6 Å². The summed E-state index contributed by atoms with van der Waals surface area (Å²) in [6.45, 7) is 1.11. The molecular weight excluding hydrogens is 252 g/mol. The third-order valence-corrected chi connectivity index (χ3v) is 4.68. The summed E-state index contributed by atoms with van der Waals surface area (Å²) < 4.78 is 0. The molecule has 2 nitrogen and oxygen atoms in total. The van der Waals surface area contributed by atoms with Gasteiger partial charge in [-0.25, -0.2) is 4.98 Å². The molecule has 0 bridgehead atoms. The van der Waals surface area contributed by atoms with E-state index in [4.69, 9.17) is 0 Å². The highest BCUT2D eigenvalue weighted by molar-refractivity contribution is 7.13. The summed E-state index contributed by atoms with van der Waals surface area (Å²) in [5, 5.41) is 6.72. The van der Waals surface area contributed by atoms with Crippen LogP contribution in [-0.2, 0) is 0 Å². The van der Waals surface area contributed by atoms with Crippen LogP contribution in [0.4, 0.5) is 5.69 Å². The van der Waals surface area contributed by atoms with E-state index in [-0.39, 0.29) is 0 Å². The lowest BCUT2D eigenvalue weighted by Gasteiger charge is -2.22. The van der Waals surface area contributed by atoms with Crippen molar-refractivity contribution in [1.29, 1.82) is 0 Å². The average Bonchev–Trinajstić information content (AvgIpc) is 3.01. The van der Waals surface area contributed by atoms with Crippen molar-refractivity contribution in [2.45, 2.75) is 32.1 Å². The van der Waals surface area contributed by atoms with Crippen molar-refractivity contribution < 1.29 is 0 Å². The van der Waals surface area contributed by atoms with E-state index < -0.39 is 0 Å². The maximum atomic E-state index is 4.37. The van der Waals surface area contributed by atoms with E-state index >= 15 is 0 Å². The highest BCUT2D eigenvalue weighted by Crippen LogP contribution is 2.26. The smallest absolute Gasteiger partial charge is 0.123 e. The molecule has 1 aliphatic rings. The zero-order valence-corrected chi connectivity index (χ0v) is 12.0. The quantitative estimate of drug-likeness (QED) is 0.864. The molecule has 1 heterocycles. The van der Waals surface area contributed by atoms with Crippen LogP contribution in [-0.4, -0.2) is 11.5 Å². The van der Waals surface area contributed by atoms with E-state index in [0.717, 1.165) is 17.5 Å². The van der Waals surface area contributed by atoms with E-state index in [9.17, 15) is 0 Å². The van der Waals surface area contributed by atoms with Gasteiger partial charge in [-0.15, -0.1) is 11.3 Å². The molecule has 0 spiro atoms. The molecule has 100 valence electrons. The van der Waals surface area contributed by atoms with Crippen LogP contribution in [0.25, 0.3) is 10.6 Å². The number of anilines is 1. The first-order valence-electron chi connectivity index (χ1n) is 7.15. The number of aromatic nitrogens is 1. The Morgan fingerprint density at radius 1 is 1.21 bits per heavy atom. The van der Waals surface area contributed by atoms with Gasteiger partial charge in [0.1, 0.15) is 5.01 Å². The van der Waals surface area contributed by atoms with Gasteiger partial charge in [-0.1, -0.05) is 31.4 Å². The van der Waals surface area contributed by atoms with Gasteiger partial charge >= 0.3 is 0 Å². The van der Waals surface area contributed by atoms with Crippen molar-refractivity contribution in [1.82, 2.24) is 4.98 Å². The van der Waals surface area contributed by atoms with Crippen molar-refractivity contribution in [3.63, 3.8) is 0 Å². The Hall–Kier alpha value is -1.35. The van der Waals surface area contributed by atoms with Gasteiger partial charge < -0.3 is 5.32 Å². The molecule has 1 aliphatic carbocycles. The Balaban J connectivity index is 1.63. The summed E-state index contributed by atoms with van der Waals surface area (Å²) in [6, 6.07) is 8.60. The number of hydrogen-bond donors (Lipinski definition) is 1. The molecule has 0 saturated heterocycles. The number of nitrogens with zero attached hydrogens (tertiary/aromatic N) is 1. The minimum absolute atomic E-state index is 0.859. The predicted octanol–water partition coefficient (Wildman–Crippen LogP) is 4.80. The number of nitrogens with one attached hydrogen (secondary N) is 1. The molecular formula is C16H20N2S. The zero-order chi connectivity index (χ0) is 12.9. The first-order valence-corrected chi connectivity index (χ1v) is 8.03. The van der Waals surface area contributed by atoms with Gasteiger partial charge in [0.2, 0.25) is 0 Å². The fourth-order valence-electron chi connectivity index (χ4n) is 2.78. The zero-order valence-electron chi connectivity index (χ0n) is 11.1. The fraction of sp³-hybridized carbons (Fsp3) is 0.438. The van der Waals surface area contributed by atoms with Gasteiger partial charge in [0, 0.05) is 29.4 Å². The van der Waals surface area contributed by atoms with Crippen molar-refractivity contribution >= 4 is 17.0 Å². The topological polar surface area (TPSA) is 24.9 Å². The van der Waals surface area contributed by atoms with Gasteiger partial charge in [0.15, 0.2) is 0 Å². The molecule has 1 fully saturated rings. The highest BCUT2D eigenvalue weighted by atomic mass is 32.1.